The molecule has 4 aromatic carbocycles. The summed E-state index contributed by atoms with van der Waals surface area (Å²) in [6, 6.07) is 32.9. The predicted molar refractivity (Wildman–Crippen MR) is 142 cm³/mol. The Morgan fingerprint density at radius 1 is 0.595 bits per heavy atom. The van der Waals surface area contributed by atoms with Gasteiger partial charge in [-0.1, -0.05) is 72.8 Å². The molecule has 37 heavy (non-hydrogen) atoms. The zero-order valence-electron chi connectivity index (χ0n) is 20.2. The molecule has 0 atom stereocenters. The van der Waals surface area contributed by atoms with E-state index in [4.69, 9.17) is 9.98 Å². The van der Waals surface area contributed by atoms with Gasteiger partial charge in [0.05, 0.1) is 37.0 Å². The third-order valence-electron chi connectivity index (χ3n) is 5.39. The zero-order chi connectivity index (χ0) is 25.3. The first-order valence-corrected chi connectivity index (χ1v) is 11.2. The summed E-state index contributed by atoms with van der Waals surface area (Å²) in [5.41, 5.74) is 6.05. The monoisotopic (exact) mass is 582 g/mol. The van der Waals surface area contributed by atoms with Crippen LogP contribution in [0.1, 0.15) is 11.1 Å². The van der Waals surface area contributed by atoms with E-state index < -0.39 is 11.9 Å². The van der Waals surface area contributed by atoms with Gasteiger partial charge in [0.15, 0.2) is 0 Å². The van der Waals surface area contributed by atoms with Crippen molar-refractivity contribution in [2.45, 2.75) is 0 Å². The average molecular weight is 583 g/mol. The van der Waals surface area contributed by atoms with Crippen molar-refractivity contribution in [1.29, 1.82) is 0 Å². The molecule has 1 aliphatic rings. The molecule has 0 heterocycles. The Morgan fingerprint density at radius 2 is 1.00 bits per heavy atom. The van der Waals surface area contributed by atoms with Crippen molar-refractivity contribution in [1.82, 2.24) is 0 Å². The van der Waals surface area contributed by atoms with Gasteiger partial charge in [-0.15, -0.1) is 0 Å². The summed E-state index contributed by atoms with van der Waals surface area (Å²) in [5.74, 6) is -1.16. The van der Waals surface area contributed by atoms with Crippen molar-refractivity contribution in [3.05, 3.63) is 120 Å². The maximum absolute atomic E-state index is 10.3. The van der Waals surface area contributed by atoms with Crippen molar-refractivity contribution >= 4 is 45.5 Å². The summed E-state index contributed by atoms with van der Waals surface area (Å²) >= 11 is 0. The van der Waals surface area contributed by atoms with Crippen LogP contribution in [0.25, 0.3) is 10.8 Å². The van der Waals surface area contributed by atoms with Crippen LogP contribution in [0.5, 0.6) is 0 Å². The fraction of sp³-hybridized carbons (Fsp3) is 0.0667. The first-order chi connectivity index (χ1) is 17.6. The van der Waals surface area contributed by atoms with Crippen LogP contribution in [-0.4, -0.2) is 37.6 Å². The fourth-order valence-electron chi connectivity index (χ4n) is 3.75. The van der Waals surface area contributed by atoms with Gasteiger partial charge >= 0.3 is 11.9 Å². The molecule has 0 amide bonds. The minimum Gasteiger partial charge on any atom is -0.466 e. The van der Waals surface area contributed by atoms with Crippen LogP contribution in [-0.2, 0) is 39.5 Å². The number of rotatable bonds is 4. The van der Waals surface area contributed by atoms with Gasteiger partial charge in [-0.2, -0.15) is 0 Å². The topological polar surface area (TPSA) is 77.3 Å². The number of hydrogen-bond acceptors (Lipinski definition) is 6. The van der Waals surface area contributed by atoms with E-state index in [0.717, 1.165) is 46.1 Å². The van der Waals surface area contributed by atoms with Gasteiger partial charge in [0.2, 0.25) is 0 Å². The normalized spacial score (nSPS) is 13.7. The van der Waals surface area contributed by atoms with Crippen molar-refractivity contribution in [2.75, 3.05) is 14.2 Å². The van der Waals surface area contributed by atoms with Crippen molar-refractivity contribution in [3.63, 3.8) is 0 Å². The second-order valence-corrected chi connectivity index (χ2v) is 7.68. The van der Waals surface area contributed by atoms with E-state index >= 15 is 0 Å². The average Bonchev–Trinajstić information content (AvgIpc) is 3.22. The van der Waals surface area contributed by atoms with E-state index in [1.54, 1.807) is 0 Å². The molecule has 0 aliphatic heterocycles. The first-order valence-electron chi connectivity index (χ1n) is 11.2. The second-order valence-electron chi connectivity index (χ2n) is 7.68. The molecule has 0 unspecified atom stereocenters. The second kappa shape index (κ2) is 13.2. The summed E-state index contributed by atoms with van der Waals surface area (Å²) in [5, 5.41) is 2.46. The molecule has 0 bridgehead atoms. The van der Waals surface area contributed by atoms with E-state index in [9.17, 15) is 9.59 Å². The summed E-state index contributed by atoms with van der Waals surface area (Å²) in [6.07, 6.45) is 1.98. The van der Waals surface area contributed by atoms with Crippen LogP contribution in [0.2, 0.25) is 0 Å². The smallest absolute Gasteiger partial charge is 0.330 e. The van der Waals surface area contributed by atoms with Crippen LogP contribution in [0, 0.1) is 0 Å². The largest absolute Gasteiger partial charge is 0.466 e. The molecular formula is C30H24N2O4Pd. The molecule has 1 aliphatic carbocycles. The quantitative estimate of drug-likeness (QED) is 0.168. The third kappa shape index (κ3) is 6.74. The van der Waals surface area contributed by atoms with Crippen molar-refractivity contribution < 1.29 is 39.5 Å². The third-order valence-corrected chi connectivity index (χ3v) is 5.39. The number of nitrogens with zero attached hydrogens (tertiary/aromatic N) is 2. The predicted octanol–water partition coefficient (Wildman–Crippen LogP) is 5.98. The Kier molecular flexibility index (Phi) is 9.79. The maximum atomic E-state index is 10.3. The number of para-hydroxylation sites is 2. The number of carbonyl (C=O) groups is 2. The van der Waals surface area contributed by atoms with Gasteiger partial charge in [0.25, 0.3) is 0 Å². The Morgan fingerprint density at radius 3 is 1.38 bits per heavy atom. The Balaban J connectivity index is 0.000000298. The number of aliphatic imine (C=N–C) groups is 2. The van der Waals surface area contributed by atoms with Crippen LogP contribution in [0.4, 0.5) is 11.4 Å². The number of methoxy groups -OCH3 is 2. The first kappa shape index (κ1) is 27.4. The molecule has 6 nitrogen and oxygen atoms in total. The summed E-state index contributed by atoms with van der Waals surface area (Å²) in [7, 11) is 2.45. The SMILES string of the molecule is COC(=O)/C=C/C(=O)OC.[Pd].c1ccc(N=C2C(=Nc3ccccc3)c3cccc4cccc2c34)cc1. The Bertz CT molecular complexity index is 1370. The van der Waals surface area contributed by atoms with Crippen LogP contribution in [0.15, 0.2) is 119 Å². The van der Waals surface area contributed by atoms with Gasteiger partial charge < -0.3 is 9.47 Å². The van der Waals surface area contributed by atoms with E-state index in [1.165, 1.54) is 25.0 Å². The zero-order valence-corrected chi connectivity index (χ0v) is 21.8. The van der Waals surface area contributed by atoms with Crippen LogP contribution < -0.4 is 0 Å². The molecule has 0 saturated heterocycles. The summed E-state index contributed by atoms with van der Waals surface area (Å²) < 4.78 is 8.42. The van der Waals surface area contributed by atoms with E-state index in [0.29, 0.717) is 0 Å². The van der Waals surface area contributed by atoms with Crippen LogP contribution in [0.3, 0.4) is 0 Å². The van der Waals surface area contributed by atoms with E-state index in [1.807, 2.05) is 60.7 Å². The molecule has 0 saturated carbocycles. The number of ether oxygens (including phenoxy) is 2. The molecule has 0 fully saturated rings. The molecule has 0 radical (unpaired) electrons. The number of benzene rings is 4. The number of carbonyl (C=O) groups excluding carboxylic acids is 2. The van der Waals surface area contributed by atoms with Gasteiger partial charge in [-0.25, -0.2) is 19.6 Å². The summed E-state index contributed by atoms with van der Waals surface area (Å²) in [4.78, 5) is 30.6. The molecule has 0 N–H and O–H groups in total. The van der Waals surface area contributed by atoms with Gasteiger partial charge in [0.1, 0.15) is 0 Å². The number of hydrogen-bond donors (Lipinski definition) is 0. The molecule has 4 aromatic rings. The van der Waals surface area contributed by atoms with Gasteiger partial charge in [0, 0.05) is 49.1 Å². The van der Waals surface area contributed by atoms with Crippen molar-refractivity contribution in [2.24, 2.45) is 9.98 Å². The molecule has 188 valence electrons. The molecule has 7 heteroatoms. The minimum atomic E-state index is -0.578. The molecular weight excluding hydrogens is 559 g/mol. The van der Waals surface area contributed by atoms with E-state index in [-0.39, 0.29) is 20.4 Å². The Labute approximate surface area is 229 Å². The van der Waals surface area contributed by atoms with Crippen LogP contribution >= 0.6 is 0 Å². The molecule has 5 rings (SSSR count). The van der Waals surface area contributed by atoms with Gasteiger partial charge in [-0.05, 0) is 29.7 Å². The van der Waals surface area contributed by atoms with E-state index in [2.05, 4.69) is 45.9 Å². The molecule has 0 spiro atoms. The standard InChI is InChI=1S/C24H16N2.C6H8O4.Pd/c1-3-11-18(12-4-1)25-23-20-15-7-9-17-10-8-16-21(22(17)20)24(23)26-19-13-5-2-6-14-19;1-9-5(7)3-4-6(8)10-2;/h1-16H;3-4H,1-2H3;/b;4-3+;. The fourth-order valence-corrected chi connectivity index (χ4v) is 3.75. The van der Waals surface area contributed by atoms with Crippen molar-refractivity contribution in [3.8, 4) is 0 Å². The van der Waals surface area contributed by atoms with Gasteiger partial charge in [-0.3, -0.25) is 0 Å². The maximum Gasteiger partial charge on any atom is 0.330 e. The Hall–Kier alpha value is -4.18. The summed E-state index contributed by atoms with van der Waals surface area (Å²) in [6.45, 7) is 0. The minimum absolute atomic E-state index is 0. The number of esters is 2. The molecule has 0 aromatic heterocycles.